The number of ether oxygens (including phenoxy) is 2. The van der Waals surface area contributed by atoms with E-state index >= 15 is 0 Å². The van der Waals surface area contributed by atoms with Crippen molar-refractivity contribution in [3.05, 3.63) is 70.8 Å². The molecular weight excluding hydrogens is 865 g/mol. The third-order valence-electron chi connectivity index (χ3n) is 14.1. The second kappa shape index (κ2) is 25.3. The van der Waals surface area contributed by atoms with Crippen LogP contribution in [0.2, 0.25) is 0 Å². The average molecular weight is 959 g/mol. The first-order valence-corrected chi connectivity index (χ1v) is 26.0. The zero-order valence-electron chi connectivity index (χ0n) is 45.9. The lowest BCUT2D eigenvalue weighted by atomic mass is 9.69. The highest BCUT2D eigenvalue weighted by molar-refractivity contribution is 5.90. The van der Waals surface area contributed by atoms with Gasteiger partial charge in [0.2, 0.25) is 11.8 Å². The van der Waals surface area contributed by atoms with Crippen LogP contribution in [-0.4, -0.2) is 65.4 Å². The number of amides is 2. The Hall–Kier alpha value is -4.09. The van der Waals surface area contributed by atoms with E-state index in [4.69, 9.17) is 15.2 Å². The predicted octanol–water partition coefficient (Wildman–Crippen LogP) is 12.5. The van der Waals surface area contributed by atoms with Crippen LogP contribution < -0.4 is 16.4 Å². The largest absolute Gasteiger partial charge is 0.459 e. The van der Waals surface area contributed by atoms with Crippen LogP contribution in [0.5, 0.6) is 0 Å². The molecule has 1 spiro atoms. The van der Waals surface area contributed by atoms with E-state index in [2.05, 4.69) is 98.6 Å². The first-order valence-electron chi connectivity index (χ1n) is 26.0. The summed E-state index contributed by atoms with van der Waals surface area (Å²) < 4.78 is 10.5. The van der Waals surface area contributed by atoms with E-state index in [-0.39, 0.29) is 71.1 Å². The zero-order chi connectivity index (χ0) is 52.1. The molecule has 3 aliphatic rings. The van der Waals surface area contributed by atoms with E-state index in [9.17, 15) is 24.0 Å². The molecule has 3 fully saturated rings. The van der Waals surface area contributed by atoms with Crippen molar-refractivity contribution in [3.63, 3.8) is 0 Å². The van der Waals surface area contributed by atoms with Gasteiger partial charge in [-0.2, -0.15) is 0 Å². The minimum Gasteiger partial charge on any atom is -0.459 e. The summed E-state index contributed by atoms with van der Waals surface area (Å²) in [6.45, 7) is 34.8. The molecule has 5 rings (SSSR count). The third kappa shape index (κ3) is 19.6. The molecule has 388 valence electrons. The smallest absolute Gasteiger partial charge is 0.338 e. The number of ketones is 1. The molecule has 69 heavy (non-hydrogen) atoms. The number of nitrogens with zero attached hydrogens (tertiary/aromatic N) is 1. The van der Waals surface area contributed by atoms with Crippen LogP contribution in [-0.2, 0) is 23.9 Å². The summed E-state index contributed by atoms with van der Waals surface area (Å²) in [4.78, 5) is 62.4. The van der Waals surface area contributed by atoms with Crippen molar-refractivity contribution in [2.75, 3.05) is 13.1 Å². The van der Waals surface area contributed by atoms with Gasteiger partial charge in [0.25, 0.3) is 0 Å². The van der Waals surface area contributed by atoms with Gasteiger partial charge in [-0.1, -0.05) is 107 Å². The number of Topliss-reactive ketones (excluding diaryl/α,β-unsaturated/α-hetero) is 1. The van der Waals surface area contributed by atoms with Crippen LogP contribution in [0.1, 0.15) is 232 Å². The van der Waals surface area contributed by atoms with Crippen LogP contribution in [0.15, 0.2) is 48.5 Å². The Morgan fingerprint density at radius 2 is 1.09 bits per heavy atom. The summed E-state index contributed by atoms with van der Waals surface area (Å²) >= 11 is 0. The molecule has 2 aromatic rings. The van der Waals surface area contributed by atoms with Crippen LogP contribution in [0, 0.1) is 33.5 Å². The van der Waals surface area contributed by atoms with E-state index in [1.807, 2.05) is 64.1 Å². The Morgan fingerprint density at radius 3 is 1.49 bits per heavy atom. The molecule has 4 N–H and O–H groups in total. The number of rotatable bonds is 13. The van der Waals surface area contributed by atoms with Crippen molar-refractivity contribution >= 4 is 29.5 Å². The predicted molar refractivity (Wildman–Crippen MR) is 279 cm³/mol. The number of hydrogen-bond acceptors (Lipinski definition) is 9. The number of nitrogens with one attached hydrogen (secondary N) is 2. The SMILES string of the molecule is CC(C)(C)C1CCC(=O)CC1.CC(C)OC(=O)c1ccc([C@@H](CCC(C)(C)C)N2C(=O)CNC23CCC(C(C)(C)C)CC3)cc1.CC(C)OC(=O)c1ccc([C@@H](CCC(C)(C)C)NC(=O)CN)cc1. The van der Waals surface area contributed by atoms with Crippen molar-refractivity contribution in [1.29, 1.82) is 0 Å². The molecule has 11 heteroatoms. The van der Waals surface area contributed by atoms with E-state index in [0.717, 1.165) is 94.1 Å². The maximum Gasteiger partial charge on any atom is 0.338 e. The molecular formula is C58H94N4O7. The first kappa shape index (κ1) is 59.2. The van der Waals surface area contributed by atoms with Crippen molar-refractivity contribution < 1.29 is 33.4 Å². The van der Waals surface area contributed by atoms with Crippen LogP contribution >= 0.6 is 0 Å². The minimum absolute atomic E-state index is 0.0110. The van der Waals surface area contributed by atoms with Gasteiger partial charge in [0.15, 0.2) is 0 Å². The molecule has 2 amide bonds. The fourth-order valence-corrected chi connectivity index (χ4v) is 9.73. The van der Waals surface area contributed by atoms with Gasteiger partial charge in [0.1, 0.15) is 5.78 Å². The molecule has 0 radical (unpaired) electrons. The summed E-state index contributed by atoms with van der Waals surface area (Å²) in [6, 6.07) is 14.8. The second-order valence-corrected chi connectivity index (χ2v) is 25.2. The number of benzene rings is 2. The van der Waals surface area contributed by atoms with Crippen molar-refractivity contribution in [2.24, 2.45) is 39.2 Å². The number of nitrogens with two attached hydrogens (primary N) is 1. The fourth-order valence-electron chi connectivity index (χ4n) is 9.73. The summed E-state index contributed by atoms with van der Waals surface area (Å²) in [5, 5.41) is 6.60. The molecule has 2 saturated carbocycles. The maximum atomic E-state index is 13.4. The lowest BCUT2D eigenvalue weighted by Gasteiger charge is -2.49. The van der Waals surface area contributed by atoms with Gasteiger partial charge in [-0.25, -0.2) is 9.59 Å². The maximum absolute atomic E-state index is 13.4. The molecule has 2 aromatic carbocycles. The Labute approximate surface area is 418 Å². The molecule has 2 aliphatic carbocycles. The fraction of sp³-hybridized carbons (Fsp3) is 0.707. The summed E-state index contributed by atoms with van der Waals surface area (Å²) in [6.07, 6.45) is 11.5. The lowest BCUT2D eigenvalue weighted by molar-refractivity contribution is -0.136. The van der Waals surface area contributed by atoms with E-state index in [1.165, 1.54) is 0 Å². The van der Waals surface area contributed by atoms with Gasteiger partial charge in [0, 0.05) is 12.8 Å². The highest BCUT2D eigenvalue weighted by Crippen LogP contribution is 2.47. The first-order chi connectivity index (χ1) is 31.8. The van der Waals surface area contributed by atoms with Gasteiger partial charge in [-0.05, 0) is 161 Å². The monoisotopic (exact) mass is 959 g/mol. The molecule has 11 nitrogen and oxygen atoms in total. The standard InChI is InChI=1S/C29H46N2O3.C19H30N2O3.C10H18O/c1-20(2)34-26(33)22-11-9-21(10-12-22)24(15-16-27(3,4)5)31-25(32)19-30-29(31)17-13-23(14-18-29)28(6,7)8;1-13(2)24-18(23)15-8-6-14(7-9-15)16(21-17(22)12-20)10-11-19(3,4)5;1-10(2,3)8-4-6-9(11)7-5-8/h9-12,20,23-24,30H,13-19H2,1-8H3;6-9,13,16H,10-12,20H2,1-5H3,(H,21,22);8H,4-7H2,1-3H3/t23?,24-,29?;16-;/m11./s1. The summed E-state index contributed by atoms with van der Waals surface area (Å²) in [5.41, 5.74) is 9.31. The van der Waals surface area contributed by atoms with Crippen LogP contribution in [0.25, 0.3) is 0 Å². The zero-order valence-corrected chi connectivity index (χ0v) is 45.9. The van der Waals surface area contributed by atoms with Crippen LogP contribution in [0.3, 0.4) is 0 Å². The summed E-state index contributed by atoms with van der Waals surface area (Å²) in [5.74, 6) is 1.27. The molecule has 0 aromatic heterocycles. The Bertz CT molecular complexity index is 1940. The highest BCUT2D eigenvalue weighted by atomic mass is 16.5. The van der Waals surface area contributed by atoms with Gasteiger partial charge < -0.3 is 25.4 Å². The molecule has 1 saturated heterocycles. The Morgan fingerprint density at radius 1 is 0.667 bits per heavy atom. The number of hydrogen-bond donors (Lipinski definition) is 3. The molecule has 1 aliphatic heterocycles. The summed E-state index contributed by atoms with van der Waals surface area (Å²) in [7, 11) is 0. The van der Waals surface area contributed by atoms with E-state index in [1.54, 1.807) is 12.1 Å². The molecule has 1 heterocycles. The average Bonchev–Trinajstić information content (AvgIpc) is 3.55. The second-order valence-electron chi connectivity index (χ2n) is 25.2. The third-order valence-corrected chi connectivity index (χ3v) is 14.1. The normalized spacial score (nSPS) is 20.2. The van der Waals surface area contributed by atoms with Gasteiger partial charge in [-0.15, -0.1) is 0 Å². The number of carbonyl (C=O) groups excluding carboxylic acids is 5. The van der Waals surface area contributed by atoms with Gasteiger partial charge in [-0.3, -0.25) is 19.7 Å². The Kier molecular flexibility index (Phi) is 21.7. The minimum atomic E-state index is -0.339. The molecule has 0 unspecified atom stereocenters. The van der Waals surface area contributed by atoms with E-state index < -0.39 is 0 Å². The topological polar surface area (TPSA) is 157 Å². The van der Waals surface area contributed by atoms with Crippen molar-refractivity contribution in [1.82, 2.24) is 15.5 Å². The van der Waals surface area contributed by atoms with Crippen LogP contribution in [0.4, 0.5) is 0 Å². The Balaban J connectivity index is 0.000000311. The highest BCUT2D eigenvalue weighted by Gasteiger charge is 2.51. The van der Waals surface area contributed by atoms with E-state index in [0.29, 0.717) is 40.2 Å². The lowest BCUT2D eigenvalue weighted by Crippen LogP contribution is -2.56. The number of esters is 2. The van der Waals surface area contributed by atoms with Crippen molar-refractivity contribution in [3.8, 4) is 0 Å². The quantitative estimate of drug-likeness (QED) is 0.166. The van der Waals surface area contributed by atoms with Gasteiger partial charge >= 0.3 is 11.9 Å². The molecule has 0 bridgehead atoms. The van der Waals surface area contributed by atoms with Gasteiger partial charge in [0.05, 0.1) is 54.2 Å². The van der Waals surface area contributed by atoms with Crippen molar-refractivity contribution in [2.45, 2.75) is 218 Å². The molecule has 2 atom stereocenters. The number of carbonyl (C=O) groups is 5.